The van der Waals surface area contributed by atoms with Gasteiger partial charge in [-0.05, 0) is 61.0 Å². The number of ether oxygens (including phenoxy) is 2. The summed E-state index contributed by atoms with van der Waals surface area (Å²) in [6, 6.07) is 25.9. The third-order valence-corrected chi connectivity index (χ3v) is 8.68. The minimum atomic E-state index is -0.563. The highest BCUT2D eigenvalue weighted by Gasteiger charge is 2.21. The lowest BCUT2D eigenvalue weighted by Crippen LogP contribution is -2.30. The number of rotatable bonds is 12. The van der Waals surface area contributed by atoms with Crippen LogP contribution in [0.1, 0.15) is 29.3 Å². The third kappa shape index (κ3) is 8.82. The van der Waals surface area contributed by atoms with E-state index in [1.807, 2.05) is 13.0 Å². The summed E-state index contributed by atoms with van der Waals surface area (Å²) < 4.78 is 10.9. The molecule has 3 amide bonds. The van der Waals surface area contributed by atoms with E-state index in [0.717, 1.165) is 4.90 Å². The van der Waals surface area contributed by atoms with Gasteiger partial charge in [0.1, 0.15) is 5.70 Å². The van der Waals surface area contributed by atoms with Crippen LogP contribution in [0.3, 0.4) is 0 Å². The number of carbonyl (C=O) groups is 3. The van der Waals surface area contributed by atoms with Crippen LogP contribution in [0.4, 0.5) is 11.4 Å². The average Bonchev–Trinajstić information content (AvgIpc) is 3.05. The first-order valence-corrected chi connectivity index (χ1v) is 15.5. The summed E-state index contributed by atoms with van der Waals surface area (Å²) in [5, 5.41) is 8.59. The molecule has 0 saturated heterocycles. The fourth-order valence-corrected chi connectivity index (χ4v) is 5.63. The first-order valence-electron chi connectivity index (χ1n) is 13.9. The monoisotopic (exact) mass is 663 g/mol. The van der Waals surface area contributed by atoms with E-state index in [1.54, 1.807) is 84.9 Å². The standard InChI is InChI=1S/C34H31Cl2N3O5S/c1-4-29(34(42)38-26-17-10-16-25(35)30(26)36)45-24-15-9-14-23(20-24)37-33(41)27(39-32(40)21-11-6-5-7-12-21)19-22-13-8-18-28(43-2)31(22)44-3/h5-20,29H,4H2,1-3H3,(H,37,41)(H,38,42)(H,39,40)/b27-19+. The number of hydrogen-bond donors (Lipinski definition) is 3. The van der Waals surface area contributed by atoms with E-state index in [0.29, 0.717) is 45.4 Å². The van der Waals surface area contributed by atoms with Crippen molar-refractivity contribution in [3.05, 3.63) is 118 Å². The number of para-hydroxylation sites is 1. The van der Waals surface area contributed by atoms with Crippen LogP contribution in [0.15, 0.2) is 102 Å². The molecule has 45 heavy (non-hydrogen) atoms. The van der Waals surface area contributed by atoms with E-state index in [-0.39, 0.29) is 16.6 Å². The molecule has 1 atom stereocenters. The van der Waals surface area contributed by atoms with Crippen LogP contribution in [-0.2, 0) is 9.59 Å². The van der Waals surface area contributed by atoms with Gasteiger partial charge in [0.05, 0.1) is 35.2 Å². The van der Waals surface area contributed by atoms with Crippen LogP contribution in [0.5, 0.6) is 11.5 Å². The molecule has 0 aliphatic carbocycles. The maximum atomic E-state index is 13.6. The molecule has 11 heteroatoms. The molecule has 4 aromatic carbocycles. The first kappa shape index (κ1) is 33.5. The molecule has 4 aromatic rings. The molecule has 0 aromatic heterocycles. The van der Waals surface area contributed by atoms with Crippen LogP contribution in [0.2, 0.25) is 10.0 Å². The van der Waals surface area contributed by atoms with Crippen molar-refractivity contribution in [1.29, 1.82) is 0 Å². The second-order valence-corrected chi connectivity index (χ2v) is 11.6. The van der Waals surface area contributed by atoms with Gasteiger partial charge in [0.25, 0.3) is 11.8 Å². The lowest BCUT2D eigenvalue weighted by Gasteiger charge is -2.17. The van der Waals surface area contributed by atoms with E-state index >= 15 is 0 Å². The molecular weight excluding hydrogens is 633 g/mol. The predicted molar refractivity (Wildman–Crippen MR) is 182 cm³/mol. The van der Waals surface area contributed by atoms with Crippen molar-refractivity contribution in [2.24, 2.45) is 0 Å². The number of halogens is 2. The van der Waals surface area contributed by atoms with Crippen molar-refractivity contribution in [2.45, 2.75) is 23.5 Å². The van der Waals surface area contributed by atoms with E-state index in [9.17, 15) is 14.4 Å². The van der Waals surface area contributed by atoms with Crippen LogP contribution in [-0.4, -0.2) is 37.2 Å². The molecule has 232 valence electrons. The van der Waals surface area contributed by atoms with E-state index in [4.69, 9.17) is 32.7 Å². The minimum absolute atomic E-state index is 0.0160. The number of carbonyl (C=O) groups excluding carboxylic acids is 3. The topological polar surface area (TPSA) is 106 Å². The fourth-order valence-electron chi connectivity index (χ4n) is 4.27. The molecule has 0 fully saturated rings. The van der Waals surface area contributed by atoms with Gasteiger partial charge in [-0.3, -0.25) is 14.4 Å². The third-order valence-electron chi connectivity index (χ3n) is 6.50. The summed E-state index contributed by atoms with van der Waals surface area (Å²) in [5.41, 5.74) is 1.79. The highest BCUT2D eigenvalue weighted by Crippen LogP contribution is 2.34. The minimum Gasteiger partial charge on any atom is -0.493 e. The van der Waals surface area contributed by atoms with Crippen LogP contribution >= 0.6 is 35.0 Å². The number of hydrogen-bond acceptors (Lipinski definition) is 6. The number of thioether (sulfide) groups is 1. The summed E-state index contributed by atoms with van der Waals surface area (Å²) in [7, 11) is 3.01. The Kier molecular flexibility index (Phi) is 11.9. The van der Waals surface area contributed by atoms with Gasteiger partial charge in [-0.2, -0.15) is 0 Å². The Morgan fingerprint density at radius 2 is 1.60 bits per heavy atom. The molecule has 4 rings (SSSR count). The van der Waals surface area contributed by atoms with Gasteiger partial charge in [-0.1, -0.05) is 72.6 Å². The molecule has 1 unspecified atom stereocenters. The Morgan fingerprint density at radius 3 is 2.31 bits per heavy atom. The summed E-state index contributed by atoms with van der Waals surface area (Å²) in [4.78, 5) is 40.6. The van der Waals surface area contributed by atoms with Crippen LogP contribution < -0.4 is 25.4 Å². The molecule has 0 heterocycles. The van der Waals surface area contributed by atoms with Crippen molar-refractivity contribution in [1.82, 2.24) is 5.32 Å². The number of anilines is 2. The van der Waals surface area contributed by atoms with Crippen molar-refractivity contribution in [3.63, 3.8) is 0 Å². The highest BCUT2D eigenvalue weighted by molar-refractivity contribution is 8.00. The van der Waals surface area contributed by atoms with Crippen molar-refractivity contribution < 1.29 is 23.9 Å². The predicted octanol–water partition coefficient (Wildman–Crippen LogP) is 7.93. The fraction of sp³-hybridized carbons (Fsp3) is 0.147. The molecule has 0 radical (unpaired) electrons. The molecule has 0 saturated carbocycles. The van der Waals surface area contributed by atoms with Gasteiger partial charge < -0.3 is 25.4 Å². The van der Waals surface area contributed by atoms with Crippen molar-refractivity contribution in [2.75, 3.05) is 24.9 Å². The number of benzene rings is 4. The van der Waals surface area contributed by atoms with E-state index < -0.39 is 17.1 Å². The lowest BCUT2D eigenvalue weighted by atomic mass is 10.1. The van der Waals surface area contributed by atoms with Crippen molar-refractivity contribution in [3.8, 4) is 11.5 Å². The van der Waals surface area contributed by atoms with Gasteiger partial charge in [-0.15, -0.1) is 11.8 Å². The summed E-state index contributed by atoms with van der Waals surface area (Å²) in [5.74, 6) is -0.383. The summed E-state index contributed by atoms with van der Waals surface area (Å²) in [6.07, 6.45) is 2.06. The Morgan fingerprint density at radius 1 is 0.867 bits per heavy atom. The van der Waals surface area contributed by atoms with Crippen LogP contribution in [0, 0.1) is 0 Å². The maximum Gasteiger partial charge on any atom is 0.272 e. The Labute approximate surface area is 276 Å². The number of amides is 3. The maximum absolute atomic E-state index is 13.6. The zero-order valence-electron chi connectivity index (χ0n) is 24.7. The zero-order valence-corrected chi connectivity index (χ0v) is 27.1. The van der Waals surface area contributed by atoms with Gasteiger partial charge in [0, 0.05) is 21.7 Å². The normalized spacial score (nSPS) is 11.7. The smallest absolute Gasteiger partial charge is 0.272 e. The Balaban J connectivity index is 1.56. The largest absolute Gasteiger partial charge is 0.493 e. The first-order chi connectivity index (χ1) is 21.7. The zero-order chi connectivity index (χ0) is 32.3. The molecule has 0 bridgehead atoms. The van der Waals surface area contributed by atoms with Gasteiger partial charge >= 0.3 is 0 Å². The van der Waals surface area contributed by atoms with Gasteiger partial charge in [0.15, 0.2) is 11.5 Å². The second-order valence-electron chi connectivity index (χ2n) is 9.55. The van der Waals surface area contributed by atoms with Gasteiger partial charge in [-0.25, -0.2) is 0 Å². The molecule has 8 nitrogen and oxygen atoms in total. The number of methoxy groups -OCH3 is 2. The molecule has 0 aliphatic heterocycles. The van der Waals surface area contributed by atoms with Gasteiger partial charge in [0.2, 0.25) is 5.91 Å². The quantitative estimate of drug-likeness (QED) is 0.105. The summed E-state index contributed by atoms with van der Waals surface area (Å²) in [6.45, 7) is 1.90. The molecule has 0 spiro atoms. The van der Waals surface area contributed by atoms with E-state index in [1.165, 1.54) is 32.1 Å². The Hall–Kier alpha value is -4.44. The van der Waals surface area contributed by atoms with Crippen molar-refractivity contribution >= 4 is 70.1 Å². The average molecular weight is 665 g/mol. The second kappa shape index (κ2) is 16.0. The van der Waals surface area contributed by atoms with Crippen LogP contribution in [0.25, 0.3) is 6.08 Å². The highest BCUT2D eigenvalue weighted by atomic mass is 35.5. The summed E-state index contributed by atoms with van der Waals surface area (Å²) >= 11 is 13.7. The molecular formula is C34H31Cl2N3O5S. The Bertz CT molecular complexity index is 1720. The molecule has 3 N–H and O–H groups in total. The SMILES string of the molecule is CCC(Sc1cccc(NC(=O)/C(=C\c2cccc(OC)c2OC)NC(=O)c2ccccc2)c1)C(=O)Nc1cccc(Cl)c1Cl. The van der Waals surface area contributed by atoms with E-state index in [2.05, 4.69) is 16.0 Å². The number of nitrogens with one attached hydrogen (secondary N) is 3. The lowest BCUT2D eigenvalue weighted by molar-refractivity contribution is -0.116. The molecule has 0 aliphatic rings.